The lowest BCUT2D eigenvalue weighted by Gasteiger charge is -2.39. The normalized spacial score (nSPS) is 20.7. The Morgan fingerprint density at radius 1 is 1.06 bits per heavy atom. The van der Waals surface area contributed by atoms with Crippen LogP contribution in [0.4, 0.5) is 4.79 Å². The van der Waals surface area contributed by atoms with E-state index in [1.165, 1.54) is 32.4 Å². The zero-order valence-electron chi connectivity index (χ0n) is 27.5. The van der Waals surface area contributed by atoms with Crippen LogP contribution in [0.2, 0.25) is 0 Å². The number of piperidine rings is 2. The molecular formula is C35H43N5O8. The van der Waals surface area contributed by atoms with E-state index >= 15 is 0 Å². The highest BCUT2D eigenvalue weighted by molar-refractivity contribution is 5.90. The largest absolute Gasteiger partial charge is 0.480 e. The number of carbonyl (C=O) groups excluding carboxylic acids is 2. The lowest BCUT2D eigenvalue weighted by Crippen LogP contribution is -2.48. The molecule has 0 radical (unpaired) electrons. The highest BCUT2D eigenvalue weighted by atomic mass is 16.6. The molecule has 13 nitrogen and oxygen atoms in total. The van der Waals surface area contributed by atoms with Crippen LogP contribution in [0.3, 0.4) is 0 Å². The van der Waals surface area contributed by atoms with E-state index in [0.29, 0.717) is 60.4 Å². The first-order valence-electron chi connectivity index (χ1n) is 16.8. The van der Waals surface area contributed by atoms with Crippen molar-refractivity contribution >= 4 is 28.9 Å². The van der Waals surface area contributed by atoms with Crippen molar-refractivity contribution in [3.63, 3.8) is 0 Å². The van der Waals surface area contributed by atoms with E-state index in [9.17, 15) is 24.3 Å². The van der Waals surface area contributed by atoms with Crippen molar-refractivity contribution in [3.05, 3.63) is 56.9 Å². The second-order valence-corrected chi connectivity index (χ2v) is 12.8. The van der Waals surface area contributed by atoms with E-state index in [-0.39, 0.29) is 31.2 Å². The average molecular weight is 662 g/mol. The molecule has 2 fully saturated rings. The van der Waals surface area contributed by atoms with Gasteiger partial charge in [0.05, 0.1) is 35.6 Å². The van der Waals surface area contributed by atoms with Crippen molar-refractivity contribution in [2.24, 2.45) is 5.73 Å². The molecule has 0 spiro atoms. The molecular weight excluding hydrogens is 618 g/mol. The summed E-state index contributed by atoms with van der Waals surface area (Å²) in [5, 5.41) is 19.6. The van der Waals surface area contributed by atoms with Crippen LogP contribution < -0.4 is 16.0 Å². The zero-order chi connectivity index (χ0) is 34.2. The zero-order valence-corrected chi connectivity index (χ0v) is 27.5. The van der Waals surface area contributed by atoms with E-state index in [2.05, 4.69) is 17.6 Å². The fourth-order valence-corrected chi connectivity index (χ4v) is 7.47. The highest BCUT2D eigenvalue weighted by Gasteiger charge is 2.45. The fourth-order valence-electron chi connectivity index (χ4n) is 7.47. The summed E-state index contributed by atoms with van der Waals surface area (Å²) in [7, 11) is 0. The van der Waals surface area contributed by atoms with Gasteiger partial charge in [-0.3, -0.25) is 9.59 Å². The van der Waals surface area contributed by atoms with Gasteiger partial charge in [-0.15, -0.1) is 0 Å². The Morgan fingerprint density at radius 3 is 2.42 bits per heavy atom. The summed E-state index contributed by atoms with van der Waals surface area (Å²) in [6, 6.07) is 7.77. The number of nitrogens with two attached hydrogens (primary N) is 1. The molecule has 0 saturated carbocycles. The highest BCUT2D eigenvalue weighted by Crippen LogP contribution is 2.41. The number of amides is 1. The molecule has 4 aliphatic rings. The maximum Gasteiger partial charge on any atom is 0.415 e. The number of esters is 1. The summed E-state index contributed by atoms with van der Waals surface area (Å²) < 4.78 is 12.7. The molecule has 4 N–H and O–H groups in total. The van der Waals surface area contributed by atoms with Crippen LogP contribution in [0, 0.1) is 0 Å². The van der Waals surface area contributed by atoms with Gasteiger partial charge in [-0.2, -0.15) is 0 Å². The van der Waals surface area contributed by atoms with Crippen LogP contribution in [0.1, 0.15) is 74.6 Å². The number of carboxylic acid groups (broad SMARTS) is 1. The quantitative estimate of drug-likeness (QED) is 0.268. The van der Waals surface area contributed by atoms with Gasteiger partial charge in [-0.25, -0.2) is 14.6 Å². The molecule has 0 unspecified atom stereocenters. The van der Waals surface area contributed by atoms with Crippen LogP contribution in [0.25, 0.3) is 22.3 Å². The molecule has 256 valence electrons. The molecule has 3 aromatic rings. The van der Waals surface area contributed by atoms with Gasteiger partial charge in [-0.1, -0.05) is 20.3 Å². The maximum atomic E-state index is 13.6. The number of nitrogens with zero attached hydrogens (tertiary/aromatic N) is 4. The molecule has 4 aliphatic heterocycles. The number of aliphatic hydroxyl groups is 1. The summed E-state index contributed by atoms with van der Waals surface area (Å²) in [6.07, 6.45) is 6.26. The van der Waals surface area contributed by atoms with E-state index < -0.39 is 17.5 Å². The Balaban J connectivity index is 0.000000749. The summed E-state index contributed by atoms with van der Waals surface area (Å²) in [6.45, 7) is 7.37. The van der Waals surface area contributed by atoms with E-state index in [1.54, 1.807) is 23.6 Å². The van der Waals surface area contributed by atoms with Crippen molar-refractivity contribution in [1.82, 2.24) is 19.4 Å². The second kappa shape index (κ2) is 13.7. The summed E-state index contributed by atoms with van der Waals surface area (Å²) in [4.78, 5) is 57.8. The summed E-state index contributed by atoms with van der Waals surface area (Å²) >= 11 is 0. The molecule has 1 atom stereocenters. The first-order valence-corrected chi connectivity index (χ1v) is 16.8. The molecule has 1 amide bonds. The van der Waals surface area contributed by atoms with Crippen LogP contribution >= 0.6 is 0 Å². The van der Waals surface area contributed by atoms with Crippen molar-refractivity contribution < 1.29 is 34.1 Å². The van der Waals surface area contributed by atoms with Crippen molar-refractivity contribution in [3.8, 4) is 17.1 Å². The number of hydrogen-bond acceptors (Lipinski definition) is 10. The number of likely N-dealkylation sites (tertiary alicyclic amines) is 2. The number of aryl methyl sites for hydroxylation is 1. The van der Waals surface area contributed by atoms with Gasteiger partial charge >= 0.3 is 18.0 Å². The number of rotatable bonds is 5. The van der Waals surface area contributed by atoms with Gasteiger partial charge < -0.3 is 39.8 Å². The van der Waals surface area contributed by atoms with Crippen LogP contribution in [0.15, 0.2) is 29.1 Å². The van der Waals surface area contributed by atoms with Crippen LogP contribution in [-0.4, -0.2) is 86.4 Å². The minimum absolute atomic E-state index is 0.0951. The Kier molecular flexibility index (Phi) is 9.55. The number of ether oxygens (including phenoxy) is 2. The Labute approximate surface area is 278 Å². The second-order valence-electron chi connectivity index (χ2n) is 12.8. The van der Waals surface area contributed by atoms with Crippen LogP contribution in [-0.2, 0) is 39.5 Å². The van der Waals surface area contributed by atoms with E-state index in [4.69, 9.17) is 19.6 Å². The van der Waals surface area contributed by atoms with Gasteiger partial charge in [0.15, 0.2) is 5.60 Å². The molecule has 0 bridgehead atoms. The lowest BCUT2D eigenvalue weighted by atomic mass is 9.86. The molecule has 6 heterocycles. The topological polar surface area (TPSA) is 178 Å². The number of aromatic nitrogens is 2. The Bertz CT molecular complexity index is 1810. The fraction of sp³-hybridized carbons (Fsp3) is 0.514. The van der Waals surface area contributed by atoms with E-state index in [1.807, 2.05) is 17.0 Å². The van der Waals surface area contributed by atoms with Gasteiger partial charge in [0.1, 0.15) is 12.4 Å². The third-order valence-electron chi connectivity index (χ3n) is 10.1. The smallest absolute Gasteiger partial charge is 0.415 e. The third kappa shape index (κ3) is 6.06. The average Bonchev–Trinajstić information content (AvgIpc) is 3.48. The monoisotopic (exact) mass is 661 g/mol. The van der Waals surface area contributed by atoms with Crippen molar-refractivity contribution in [2.45, 2.75) is 83.6 Å². The standard InChI is InChI=1S/C33H38N4O6.C2H5NO2/c1-3-22-23-16-21(43-32(40)36-14-10-20(11-15-36)35-12-6-5-7-13-35)8-9-27(23)34-29-24(22)18-37-28(29)17-26-25(30(37)38)19-42-31(39)33(26,41)4-2;3-1-2(4)5/h8-9,16-17,20,41H,3-7,10-15,18-19H2,1-2H3;1,3H2,(H,4,5)/t33-;/m0./s1. The summed E-state index contributed by atoms with van der Waals surface area (Å²) in [5.74, 6) is -1.23. The number of benzene rings is 1. The van der Waals surface area contributed by atoms with Gasteiger partial charge in [0.2, 0.25) is 0 Å². The van der Waals surface area contributed by atoms with Crippen molar-refractivity contribution in [1.29, 1.82) is 0 Å². The number of pyridine rings is 2. The molecule has 7 rings (SSSR count). The number of carboxylic acids is 1. The number of carbonyl (C=O) groups is 3. The number of hydrogen-bond donors (Lipinski definition) is 3. The Morgan fingerprint density at radius 2 is 1.77 bits per heavy atom. The minimum Gasteiger partial charge on any atom is -0.480 e. The van der Waals surface area contributed by atoms with Crippen molar-refractivity contribution in [2.75, 3.05) is 32.7 Å². The lowest BCUT2D eigenvalue weighted by molar-refractivity contribution is -0.172. The first kappa shape index (κ1) is 33.6. The number of cyclic esters (lactones) is 1. The first-order chi connectivity index (χ1) is 23.1. The van der Waals surface area contributed by atoms with Crippen LogP contribution in [0.5, 0.6) is 5.75 Å². The predicted molar refractivity (Wildman–Crippen MR) is 177 cm³/mol. The third-order valence-corrected chi connectivity index (χ3v) is 10.1. The molecule has 2 aromatic heterocycles. The molecule has 1 aromatic carbocycles. The Hall–Kier alpha value is -4.33. The van der Waals surface area contributed by atoms with E-state index in [0.717, 1.165) is 34.9 Å². The molecule has 0 aliphatic carbocycles. The summed E-state index contributed by atoms with van der Waals surface area (Å²) in [5.41, 5.74) is 6.96. The maximum absolute atomic E-state index is 13.6. The SMILES string of the molecule is CCc1c2c(nc3ccc(OC(=O)N4CCC(N5CCCCC5)CC4)cc13)-c1cc3c(c(=O)n1C2)COC(=O)[C@]3(O)CC.NCC(=O)O. The van der Waals surface area contributed by atoms with Gasteiger partial charge in [0, 0.05) is 35.6 Å². The van der Waals surface area contributed by atoms with Gasteiger partial charge in [-0.05, 0) is 81.4 Å². The molecule has 13 heteroatoms. The number of fused-ring (bicyclic) bond motifs is 5. The molecule has 2 saturated heterocycles. The minimum atomic E-state index is -1.86. The molecule has 48 heavy (non-hydrogen) atoms. The van der Waals surface area contributed by atoms with Gasteiger partial charge in [0.25, 0.3) is 5.56 Å². The number of aliphatic carboxylic acids is 1. The predicted octanol–water partition coefficient (Wildman–Crippen LogP) is 3.12.